The number of carbonyl (C=O) groups excluding carboxylic acids is 2. The fraction of sp³-hybridized carbons (Fsp3) is 0.360. The van der Waals surface area contributed by atoms with E-state index < -0.39 is 5.41 Å². The number of nitrogens with zero attached hydrogens (tertiary/aromatic N) is 1. The molecule has 0 radical (unpaired) electrons. The predicted octanol–water partition coefficient (Wildman–Crippen LogP) is 4.94. The summed E-state index contributed by atoms with van der Waals surface area (Å²) >= 11 is 0. The molecule has 0 heterocycles. The Balaban J connectivity index is 0.00000300. The first-order valence-corrected chi connectivity index (χ1v) is 9.89. The van der Waals surface area contributed by atoms with E-state index in [1.165, 1.54) is 0 Å². The van der Waals surface area contributed by atoms with Gasteiger partial charge >= 0.3 is 0 Å². The molecule has 0 bridgehead atoms. The third-order valence-electron chi connectivity index (χ3n) is 5.40. The van der Waals surface area contributed by atoms with Gasteiger partial charge in [-0.3, -0.25) is 14.5 Å². The van der Waals surface area contributed by atoms with Crippen LogP contribution in [0.15, 0.2) is 54.6 Å². The fourth-order valence-electron chi connectivity index (χ4n) is 4.02. The lowest BCUT2D eigenvalue weighted by molar-refractivity contribution is 0.0842. The zero-order valence-electron chi connectivity index (χ0n) is 17.4. The van der Waals surface area contributed by atoms with Crippen LogP contribution in [0.4, 0.5) is 0 Å². The zero-order chi connectivity index (χ0) is 20.3. The van der Waals surface area contributed by atoms with E-state index in [1.54, 1.807) is 24.3 Å². The maximum absolute atomic E-state index is 13.3. The number of hydrogen-bond donors (Lipinski definition) is 0. The molecular weight excluding hydrogens is 382 g/mol. The van der Waals surface area contributed by atoms with Crippen molar-refractivity contribution in [3.05, 3.63) is 71.3 Å². The van der Waals surface area contributed by atoms with E-state index in [0.717, 1.165) is 6.54 Å². The maximum atomic E-state index is 13.3. The van der Waals surface area contributed by atoms with Gasteiger partial charge < -0.3 is 0 Å². The quantitative estimate of drug-likeness (QED) is 0.518. The Bertz CT molecular complexity index is 895. The van der Waals surface area contributed by atoms with Gasteiger partial charge in [0.05, 0.1) is 0 Å². The summed E-state index contributed by atoms with van der Waals surface area (Å²) in [7, 11) is 0. The van der Waals surface area contributed by atoms with Crippen molar-refractivity contribution >= 4 is 24.0 Å². The van der Waals surface area contributed by atoms with Crippen LogP contribution in [0.3, 0.4) is 0 Å². The van der Waals surface area contributed by atoms with Crippen molar-refractivity contribution < 1.29 is 9.59 Å². The van der Waals surface area contributed by atoms with Crippen LogP contribution < -0.4 is 0 Å². The van der Waals surface area contributed by atoms with Gasteiger partial charge in [-0.05, 0) is 33.3 Å². The molecule has 152 valence electrons. The minimum Gasteiger partial charge on any atom is -0.298 e. The highest BCUT2D eigenvalue weighted by Crippen LogP contribution is 2.39. The van der Waals surface area contributed by atoms with Crippen molar-refractivity contribution in [2.75, 3.05) is 6.54 Å². The van der Waals surface area contributed by atoms with Crippen molar-refractivity contribution in [3.8, 4) is 11.8 Å². The van der Waals surface area contributed by atoms with Gasteiger partial charge in [-0.15, -0.1) is 18.3 Å². The molecular formula is C25H28ClNO2. The van der Waals surface area contributed by atoms with Gasteiger partial charge in [0.15, 0.2) is 17.0 Å². The molecule has 2 aromatic carbocycles. The van der Waals surface area contributed by atoms with Gasteiger partial charge in [0, 0.05) is 36.2 Å². The highest BCUT2D eigenvalue weighted by atomic mass is 35.5. The van der Waals surface area contributed by atoms with Crippen molar-refractivity contribution in [1.29, 1.82) is 0 Å². The molecule has 1 aliphatic rings. The van der Waals surface area contributed by atoms with Crippen LogP contribution in [0.1, 0.15) is 60.4 Å². The molecule has 0 fully saturated rings. The molecule has 0 saturated heterocycles. The number of ketones is 2. The lowest BCUT2D eigenvalue weighted by Crippen LogP contribution is -2.38. The molecule has 0 unspecified atom stereocenters. The number of carbonyl (C=O) groups is 2. The minimum absolute atomic E-state index is 0. The monoisotopic (exact) mass is 409 g/mol. The average molecular weight is 410 g/mol. The zero-order valence-corrected chi connectivity index (χ0v) is 18.3. The van der Waals surface area contributed by atoms with Crippen LogP contribution in [0.25, 0.3) is 0 Å². The first kappa shape index (κ1) is 22.9. The molecule has 0 aromatic heterocycles. The molecule has 29 heavy (non-hydrogen) atoms. The van der Waals surface area contributed by atoms with Gasteiger partial charge in [0.2, 0.25) is 0 Å². The van der Waals surface area contributed by atoms with Crippen molar-refractivity contribution in [2.45, 2.75) is 51.6 Å². The van der Waals surface area contributed by atoms with Crippen molar-refractivity contribution in [3.63, 3.8) is 0 Å². The van der Waals surface area contributed by atoms with E-state index in [2.05, 4.69) is 44.4 Å². The summed E-state index contributed by atoms with van der Waals surface area (Å²) in [5, 5.41) is 0. The SMILES string of the molecule is CC(C)N(CCC#CC1(c2ccccc2)C(=O)c2ccccc2C1=O)C(C)C.Cl. The first-order chi connectivity index (χ1) is 13.4. The summed E-state index contributed by atoms with van der Waals surface area (Å²) in [6.45, 7) is 9.47. The number of Topliss-reactive ketones (excluding diaryl/α,β-unsaturated/α-hetero) is 2. The van der Waals surface area contributed by atoms with E-state index in [9.17, 15) is 9.59 Å². The molecule has 3 nitrogen and oxygen atoms in total. The van der Waals surface area contributed by atoms with Gasteiger partial charge in [-0.1, -0.05) is 60.5 Å². The van der Waals surface area contributed by atoms with Gasteiger partial charge in [-0.25, -0.2) is 0 Å². The van der Waals surface area contributed by atoms with E-state index >= 15 is 0 Å². The molecule has 2 aromatic rings. The minimum atomic E-state index is -1.43. The topological polar surface area (TPSA) is 37.4 Å². The lowest BCUT2D eigenvalue weighted by atomic mass is 9.76. The Labute approximate surface area is 179 Å². The number of hydrogen-bond acceptors (Lipinski definition) is 3. The second kappa shape index (κ2) is 9.39. The van der Waals surface area contributed by atoms with Crippen LogP contribution in [-0.2, 0) is 5.41 Å². The third-order valence-corrected chi connectivity index (χ3v) is 5.40. The second-order valence-electron chi connectivity index (χ2n) is 7.80. The van der Waals surface area contributed by atoms with E-state index in [-0.39, 0.29) is 24.0 Å². The smallest absolute Gasteiger partial charge is 0.194 e. The number of benzene rings is 2. The van der Waals surface area contributed by atoms with Crippen LogP contribution in [0, 0.1) is 11.8 Å². The first-order valence-electron chi connectivity index (χ1n) is 9.89. The van der Waals surface area contributed by atoms with Gasteiger partial charge in [0.1, 0.15) is 0 Å². The van der Waals surface area contributed by atoms with Crippen LogP contribution in [0.2, 0.25) is 0 Å². The number of rotatable bonds is 5. The van der Waals surface area contributed by atoms with Crippen LogP contribution in [-0.4, -0.2) is 35.1 Å². The molecule has 0 aliphatic heterocycles. The lowest BCUT2D eigenvalue weighted by Gasteiger charge is -2.29. The van der Waals surface area contributed by atoms with Gasteiger partial charge in [0.25, 0.3) is 0 Å². The van der Waals surface area contributed by atoms with Crippen LogP contribution >= 0.6 is 12.4 Å². The maximum Gasteiger partial charge on any atom is 0.194 e. The summed E-state index contributed by atoms with van der Waals surface area (Å²) < 4.78 is 0. The molecule has 0 amide bonds. The number of fused-ring (bicyclic) bond motifs is 1. The highest BCUT2D eigenvalue weighted by molar-refractivity contribution is 6.35. The molecule has 0 N–H and O–H groups in total. The summed E-state index contributed by atoms with van der Waals surface area (Å²) in [4.78, 5) is 29.0. The van der Waals surface area contributed by atoms with Crippen molar-refractivity contribution in [1.82, 2.24) is 4.90 Å². The van der Waals surface area contributed by atoms with Gasteiger partial charge in [-0.2, -0.15) is 0 Å². The largest absolute Gasteiger partial charge is 0.298 e. The number of halogens is 1. The molecule has 1 aliphatic carbocycles. The summed E-state index contributed by atoms with van der Waals surface area (Å²) in [6, 6.07) is 17.1. The standard InChI is InChI=1S/C25H27NO2.ClH/c1-18(2)26(19(3)4)17-11-10-16-25(20-12-6-5-7-13-20)23(27)21-14-8-9-15-22(21)24(25)28;/h5-9,12-15,18-19H,11,17H2,1-4H3;1H. The van der Waals surface area contributed by atoms with E-state index in [1.807, 2.05) is 30.3 Å². The Morgan fingerprint density at radius 3 is 1.79 bits per heavy atom. The molecule has 0 atom stereocenters. The van der Waals surface area contributed by atoms with E-state index in [4.69, 9.17) is 0 Å². The summed E-state index contributed by atoms with van der Waals surface area (Å²) in [6.07, 6.45) is 0.613. The Morgan fingerprint density at radius 1 is 0.828 bits per heavy atom. The molecule has 3 rings (SSSR count). The average Bonchev–Trinajstić information content (AvgIpc) is 2.90. The highest BCUT2D eigenvalue weighted by Gasteiger charge is 2.53. The molecule has 0 spiro atoms. The second-order valence-corrected chi connectivity index (χ2v) is 7.80. The summed E-state index contributed by atoms with van der Waals surface area (Å²) in [5.41, 5.74) is 0.164. The Hall–Kier alpha value is -2.41. The predicted molar refractivity (Wildman–Crippen MR) is 120 cm³/mol. The fourth-order valence-corrected chi connectivity index (χ4v) is 4.02. The molecule has 0 saturated carbocycles. The Morgan fingerprint density at radius 2 is 1.31 bits per heavy atom. The van der Waals surface area contributed by atoms with E-state index in [0.29, 0.717) is 35.2 Å². The Kier molecular flexibility index (Phi) is 7.41. The third kappa shape index (κ3) is 4.15. The summed E-state index contributed by atoms with van der Waals surface area (Å²) in [5.74, 6) is 5.86. The van der Waals surface area contributed by atoms with Crippen LogP contribution in [0.5, 0.6) is 0 Å². The normalized spacial score (nSPS) is 14.6. The molecule has 4 heteroatoms. The van der Waals surface area contributed by atoms with Crippen molar-refractivity contribution in [2.24, 2.45) is 0 Å².